The molecule has 2 aromatic heterocycles. The molecule has 0 bridgehead atoms. The average Bonchev–Trinajstić information content (AvgIpc) is 3.25. The standard InChI is InChI=1S/C19H24N4O2S/c1-12(14-9-7-6-8-10-14)11-15-21-22-18(24-15)26-13(2)16-20-17(23-25-16)19(3,4)5/h6-10,12-13H,11H2,1-5H3. The van der Waals surface area contributed by atoms with Crippen molar-refractivity contribution in [3.8, 4) is 0 Å². The SMILES string of the molecule is CC(Cc1nnc(SC(C)c2nc(C(C)(C)C)no2)o1)c1ccccc1. The van der Waals surface area contributed by atoms with Crippen LogP contribution in [0.4, 0.5) is 0 Å². The summed E-state index contributed by atoms with van der Waals surface area (Å²) in [7, 11) is 0. The van der Waals surface area contributed by atoms with Crippen molar-refractivity contribution >= 4 is 11.8 Å². The molecule has 0 aliphatic rings. The molecule has 2 atom stereocenters. The number of benzene rings is 1. The van der Waals surface area contributed by atoms with Gasteiger partial charge in [-0.25, -0.2) is 0 Å². The van der Waals surface area contributed by atoms with E-state index in [-0.39, 0.29) is 10.7 Å². The van der Waals surface area contributed by atoms with Crippen molar-refractivity contribution in [2.75, 3.05) is 0 Å². The average molecular weight is 372 g/mol. The zero-order chi connectivity index (χ0) is 18.7. The highest BCUT2D eigenvalue weighted by molar-refractivity contribution is 7.99. The molecule has 2 heterocycles. The molecule has 26 heavy (non-hydrogen) atoms. The molecule has 3 rings (SSSR count). The summed E-state index contributed by atoms with van der Waals surface area (Å²) in [6.45, 7) is 10.3. The summed E-state index contributed by atoms with van der Waals surface area (Å²) in [6.07, 6.45) is 0.709. The van der Waals surface area contributed by atoms with Gasteiger partial charge in [0, 0.05) is 11.8 Å². The van der Waals surface area contributed by atoms with Gasteiger partial charge in [-0.3, -0.25) is 0 Å². The summed E-state index contributed by atoms with van der Waals surface area (Å²) in [6, 6.07) is 10.3. The monoisotopic (exact) mass is 372 g/mol. The fraction of sp³-hybridized carbons (Fsp3) is 0.474. The summed E-state index contributed by atoms with van der Waals surface area (Å²) in [5, 5.41) is 12.8. The van der Waals surface area contributed by atoms with Gasteiger partial charge in [0.15, 0.2) is 5.82 Å². The summed E-state index contributed by atoms with van der Waals surface area (Å²) < 4.78 is 11.2. The van der Waals surface area contributed by atoms with E-state index in [1.807, 2.05) is 25.1 Å². The van der Waals surface area contributed by atoms with Gasteiger partial charge in [0.2, 0.25) is 11.8 Å². The molecule has 0 aliphatic carbocycles. The summed E-state index contributed by atoms with van der Waals surface area (Å²) in [5.41, 5.74) is 1.12. The smallest absolute Gasteiger partial charge is 0.277 e. The molecule has 1 aromatic carbocycles. The Morgan fingerprint density at radius 3 is 2.46 bits per heavy atom. The molecule has 0 aliphatic heterocycles. The second-order valence-electron chi connectivity index (χ2n) is 7.44. The molecule has 0 fully saturated rings. The highest BCUT2D eigenvalue weighted by Crippen LogP contribution is 2.34. The minimum absolute atomic E-state index is 0.0570. The van der Waals surface area contributed by atoms with Gasteiger partial charge in [-0.1, -0.05) is 74.9 Å². The van der Waals surface area contributed by atoms with E-state index in [9.17, 15) is 0 Å². The first kappa shape index (κ1) is 18.6. The van der Waals surface area contributed by atoms with Crippen LogP contribution in [0.3, 0.4) is 0 Å². The maximum Gasteiger partial charge on any atom is 0.277 e. The van der Waals surface area contributed by atoms with Gasteiger partial charge in [0.1, 0.15) is 0 Å². The van der Waals surface area contributed by atoms with Crippen LogP contribution in [-0.4, -0.2) is 20.3 Å². The van der Waals surface area contributed by atoms with E-state index in [4.69, 9.17) is 8.94 Å². The van der Waals surface area contributed by atoms with Crippen LogP contribution >= 0.6 is 11.8 Å². The molecular weight excluding hydrogens is 348 g/mol. The van der Waals surface area contributed by atoms with Crippen molar-refractivity contribution in [1.82, 2.24) is 20.3 Å². The van der Waals surface area contributed by atoms with Gasteiger partial charge >= 0.3 is 0 Å². The summed E-state index contributed by atoms with van der Waals surface area (Å²) >= 11 is 1.43. The topological polar surface area (TPSA) is 77.8 Å². The van der Waals surface area contributed by atoms with Gasteiger partial charge in [-0.2, -0.15) is 4.98 Å². The van der Waals surface area contributed by atoms with Crippen molar-refractivity contribution in [2.45, 2.75) is 62.8 Å². The third kappa shape index (κ3) is 4.52. The Kier molecular flexibility index (Phi) is 5.46. The van der Waals surface area contributed by atoms with Crippen LogP contribution in [0.5, 0.6) is 0 Å². The Morgan fingerprint density at radius 2 is 1.81 bits per heavy atom. The van der Waals surface area contributed by atoms with Gasteiger partial charge in [0.25, 0.3) is 5.22 Å². The minimum Gasteiger partial charge on any atom is -0.416 e. The predicted octanol–water partition coefficient (Wildman–Crippen LogP) is 4.95. The van der Waals surface area contributed by atoms with Crippen LogP contribution in [0.2, 0.25) is 0 Å². The minimum atomic E-state index is -0.141. The molecule has 0 saturated heterocycles. The Hall–Kier alpha value is -2.15. The van der Waals surface area contributed by atoms with E-state index in [0.29, 0.717) is 35.2 Å². The molecular formula is C19H24N4O2S. The molecule has 0 amide bonds. The first-order valence-corrected chi connectivity index (χ1v) is 9.59. The Labute approximate surface area is 157 Å². The third-order valence-electron chi connectivity index (χ3n) is 4.04. The largest absolute Gasteiger partial charge is 0.416 e. The molecule has 138 valence electrons. The highest BCUT2D eigenvalue weighted by Gasteiger charge is 2.24. The van der Waals surface area contributed by atoms with Gasteiger partial charge in [0.05, 0.1) is 5.25 Å². The van der Waals surface area contributed by atoms with Crippen LogP contribution < -0.4 is 0 Å². The summed E-state index contributed by atoms with van der Waals surface area (Å²) in [4.78, 5) is 4.48. The van der Waals surface area contributed by atoms with Crippen LogP contribution in [0, 0.1) is 0 Å². The molecule has 0 saturated carbocycles. The van der Waals surface area contributed by atoms with E-state index in [1.54, 1.807) is 0 Å². The van der Waals surface area contributed by atoms with Crippen LogP contribution in [-0.2, 0) is 11.8 Å². The number of rotatable bonds is 6. The van der Waals surface area contributed by atoms with Crippen molar-refractivity contribution in [3.05, 3.63) is 53.5 Å². The fourth-order valence-corrected chi connectivity index (χ4v) is 3.17. The second kappa shape index (κ2) is 7.61. The number of aromatic nitrogens is 4. The molecule has 7 heteroatoms. The molecule has 6 nitrogen and oxygen atoms in total. The predicted molar refractivity (Wildman–Crippen MR) is 100 cm³/mol. The molecule has 3 aromatic rings. The third-order valence-corrected chi connectivity index (χ3v) is 4.96. The molecule has 0 spiro atoms. The molecule has 0 radical (unpaired) electrons. The fourth-order valence-electron chi connectivity index (χ4n) is 2.44. The van der Waals surface area contributed by atoms with Crippen molar-refractivity contribution in [3.63, 3.8) is 0 Å². The Balaban J connectivity index is 1.62. The lowest BCUT2D eigenvalue weighted by molar-refractivity contribution is 0.362. The van der Waals surface area contributed by atoms with Gasteiger partial charge in [-0.05, 0) is 18.4 Å². The van der Waals surface area contributed by atoms with E-state index < -0.39 is 0 Å². The van der Waals surface area contributed by atoms with E-state index in [1.165, 1.54) is 17.3 Å². The maximum absolute atomic E-state index is 5.79. The van der Waals surface area contributed by atoms with Crippen LogP contribution in [0.1, 0.15) is 69.0 Å². The van der Waals surface area contributed by atoms with Crippen LogP contribution in [0.25, 0.3) is 0 Å². The van der Waals surface area contributed by atoms with Crippen molar-refractivity contribution < 1.29 is 8.94 Å². The maximum atomic E-state index is 5.79. The highest BCUT2D eigenvalue weighted by atomic mass is 32.2. The number of thioether (sulfide) groups is 1. The lowest BCUT2D eigenvalue weighted by Crippen LogP contribution is -2.13. The van der Waals surface area contributed by atoms with Gasteiger partial charge in [-0.15, -0.1) is 10.2 Å². The van der Waals surface area contributed by atoms with E-state index >= 15 is 0 Å². The number of hydrogen-bond acceptors (Lipinski definition) is 7. The normalized spacial score (nSPS) is 14.3. The second-order valence-corrected chi connectivity index (χ2v) is 8.74. The number of nitrogens with zero attached hydrogens (tertiary/aromatic N) is 4. The van der Waals surface area contributed by atoms with Crippen molar-refractivity contribution in [2.24, 2.45) is 0 Å². The first-order chi connectivity index (χ1) is 12.3. The van der Waals surface area contributed by atoms with E-state index in [0.717, 1.165) is 0 Å². The van der Waals surface area contributed by atoms with Crippen molar-refractivity contribution in [1.29, 1.82) is 0 Å². The Morgan fingerprint density at radius 1 is 1.08 bits per heavy atom. The zero-order valence-electron chi connectivity index (χ0n) is 15.8. The zero-order valence-corrected chi connectivity index (χ0v) is 16.6. The van der Waals surface area contributed by atoms with E-state index in [2.05, 4.69) is 60.2 Å². The van der Waals surface area contributed by atoms with Gasteiger partial charge < -0.3 is 8.94 Å². The lowest BCUT2D eigenvalue weighted by atomic mass is 9.96. The molecule has 2 unspecified atom stereocenters. The van der Waals surface area contributed by atoms with Crippen LogP contribution in [0.15, 0.2) is 44.5 Å². The summed E-state index contributed by atoms with van der Waals surface area (Å²) in [5.74, 6) is 2.22. The first-order valence-electron chi connectivity index (χ1n) is 8.71. The quantitative estimate of drug-likeness (QED) is 0.566. The lowest BCUT2D eigenvalue weighted by Gasteiger charge is -2.11. The molecule has 0 N–H and O–H groups in total. The number of hydrogen-bond donors (Lipinski definition) is 0. The Bertz CT molecular complexity index is 839.